The van der Waals surface area contributed by atoms with Crippen LogP contribution in [0.4, 0.5) is 17.3 Å². The minimum absolute atomic E-state index is 0.0668. The van der Waals surface area contributed by atoms with E-state index in [4.69, 9.17) is 0 Å². The Morgan fingerprint density at radius 2 is 1.79 bits per heavy atom. The predicted molar refractivity (Wildman–Crippen MR) is 111 cm³/mol. The fourth-order valence-electron chi connectivity index (χ4n) is 3.34. The highest BCUT2D eigenvalue weighted by Crippen LogP contribution is 2.21. The maximum atomic E-state index is 12.9. The summed E-state index contributed by atoms with van der Waals surface area (Å²) < 4.78 is 0. The second-order valence-electron chi connectivity index (χ2n) is 7.08. The van der Waals surface area contributed by atoms with E-state index in [0.29, 0.717) is 24.7 Å². The molecule has 1 aliphatic heterocycles. The standard InChI is InChI=1S/C22H23N5O/c1-26(2)19-9-7-18(8-10-19)24-22-23-13-11-20(25-22)21(28)27-14-12-16-5-3-4-6-17(16)15-27/h3-11,13H,12,14-15H2,1-2H3,(H,23,24,25). The molecule has 0 spiro atoms. The van der Waals surface area contributed by atoms with Gasteiger partial charge in [0.15, 0.2) is 0 Å². The van der Waals surface area contributed by atoms with E-state index >= 15 is 0 Å². The average Bonchev–Trinajstić information content (AvgIpc) is 2.73. The number of anilines is 3. The SMILES string of the molecule is CN(C)c1ccc(Nc2nccc(C(=O)N3CCc4ccccc4C3)n2)cc1. The van der Waals surface area contributed by atoms with E-state index in [1.807, 2.05) is 60.3 Å². The zero-order chi connectivity index (χ0) is 19.5. The molecule has 1 aliphatic rings. The van der Waals surface area contributed by atoms with Gasteiger partial charge in [-0.3, -0.25) is 4.79 Å². The Kier molecular flexibility index (Phi) is 4.93. The van der Waals surface area contributed by atoms with Crippen LogP contribution in [-0.2, 0) is 13.0 Å². The number of amides is 1. The van der Waals surface area contributed by atoms with Gasteiger partial charge in [0.25, 0.3) is 5.91 Å². The molecule has 1 N–H and O–H groups in total. The van der Waals surface area contributed by atoms with Crippen molar-refractivity contribution in [2.45, 2.75) is 13.0 Å². The number of carbonyl (C=O) groups is 1. The van der Waals surface area contributed by atoms with E-state index in [1.54, 1.807) is 12.3 Å². The molecule has 3 aromatic rings. The van der Waals surface area contributed by atoms with Crippen LogP contribution in [0.5, 0.6) is 0 Å². The van der Waals surface area contributed by atoms with E-state index in [-0.39, 0.29) is 5.91 Å². The molecular formula is C22H23N5O. The predicted octanol–water partition coefficient (Wildman–Crippen LogP) is 3.48. The Morgan fingerprint density at radius 3 is 2.54 bits per heavy atom. The van der Waals surface area contributed by atoms with Gasteiger partial charge < -0.3 is 15.1 Å². The second kappa shape index (κ2) is 7.68. The molecule has 0 fully saturated rings. The minimum Gasteiger partial charge on any atom is -0.378 e. The molecule has 0 radical (unpaired) electrons. The summed E-state index contributed by atoms with van der Waals surface area (Å²) in [6.45, 7) is 1.32. The van der Waals surface area contributed by atoms with Crippen LogP contribution in [0.25, 0.3) is 0 Å². The van der Waals surface area contributed by atoms with Crippen LogP contribution in [-0.4, -0.2) is 41.4 Å². The van der Waals surface area contributed by atoms with Gasteiger partial charge in [-0.05, 0) is 47.9 Å². The van der Waals surface area contributed by atoms with Gasteiger partial charge in [-0.1, -0.05) is 24.3 Å². The third-order valence-electron chi connectivity index (χ3n) is 4.93. The molecule has 1 amide bonds. The Balaban J connectivity index is 1.48. The van der Waals surface area contributed by atoms with Crippen LogP contribution in [0.15, 0.2) is 60.8 Å². The normalized spacial score (nSPS) is 13.0. The molecule has 2 aromatic carbocycles. The number of hydrogen-bond donors (Lipinski definition) is 1. The second-order valence-corrected chi connectivity index (χ2v) is 7.08. The first-order valence-electron chi connectivity index (χ1n) is 9.34. The van der Waals surface area contributed by atoms with Crippen LogP contribution >= 0.6 is 0 Å². The molecule has 0 saturated heterocycles. The van der Waals surface area contributed by atoms with Crippen molar-refractivity contribution in [1.29, 1.82) is 0 Å². The highest BCUT2D eigenvalue weighted by atomic mass is 16.2. The van der Waals surface area contributed by atoms with Crippen molar-refractivity contribution in [1.82, 2.24) is 14.9 Å². The van der Waals surface area contributed by atoms with Gasteiger partial charge in [0.2, 0.25) is 5.95 Å². The maximum Gasteiger partial charge on any atom is 0.272 e. The number of nitrogens with zero attached hydrogens (tertiary/aromatic N) is 4. The lowest BCUT2D eigenvalue weighted by Gasteiger charge is -2.28. The molecule has 0 unspecified atom stereocenters. The van der Waals surface area contributed by atoms with Crippen molar-refractivity contribution >= 4 is 23.2 Å². The Labute approximate surface area is 164 Å². The number of carbonyl (C=O) groups excluding carboxylic acids is 1. The number of hydrogen-bond acceptors (Lipinski definition) is 5. The lowest BCUT2D eigenvalue weighted by Crippen LogP contribution is -2.36. The summed E-state index contributed by atoms with van der Waals surface area (Å²) in [5, 5.41) is 3.17. The number of benzene rings is 2. The first-order valence-corrected chi connectivity index (χ1v) is 9.34. The fourth-order valence-corrected chi connectivity index (χ4v) is 3.34. The first-order chi connectivity index (χ1) is 13.6. The number of rotatable bonds is 4. The van der Waals surface area contributed by atoms with E-state index in [1.165, 1.54) is 11.1 Å². The number of nitrogens with one attached hydrogen (secondary N) is 1. The first kappa shape index (κ1) is 18.0. The van der Waals surface area contributed by atoms with Crippen LogP contribution in [0, 0.1) is 0 Å². The smallest absolute Gasteiger partial charge is 0.272 e. The molecule has 1 aromatic heterocycles. The van der Waals surface area contributed by atoms with Crippen molar-refractivity contribution in [3.8, 4) is 0 Å². The quantitative estimate of drug-likeness (QED) is 0.759. The lowest BCUT2D eigenvalue weighted by molar-refractivity contribution is 0.0728. The Hall–Kier alpha value is -3.41. The fraction of sp³-hybridized carbons (Fsp3) is 0.227. The molecule has 6 nitrogen and oxygen atoms in total. The van der Waals surface area contributed by atoms with Gasteiger partial charge in [-0.25, -0.2) is 9.97 Å². The summed E-state index contributed by atoms with van der Waals surface area (Å²) in [5.41, 5.74) is 4.91. The minimum atomic E-state index is -0.0668. The molecule has 0 atom stereocenters. The lowest BCUT2D eigenvalue weighted by atomic mass is 10.00. The zero-order valence-electron chi connectivity index (χ0n) is 16.1. The molecule has 28 heavy (non-hydrogen) atoms. The van der Waals surface area contributed by atoms with Gasteiger partial charge in [-0.15, -0.1) is 0 Å². The molecule has 4 rings (SSSR count). The van der Waals surface area contributed by atoms with E-state index in [9.17, 15) is 4.79 Å². The van der Waals surface area contributed by atoms with E-state index in [0.717, 1.165) is 17.8 Å². The number of aromatic nitrogens is 2. The molecule has 0 saturated carbocycles. The largest absolute Gasteiger partial charge is 0.378 e. The summed E-state index contributed by atoms with van der Waals surface area (Å²) in [5.74, 6) is 0.351. The van der Waals surface area contributed by atoms with Crippen molar-refractivity contribution < 1.29 is 4.79 Å². The van der Waals surface area contributed by atoms with Gasteiger partial charge in [0.1, 0.15) is 5.69 Å². The molecular weight excluding hydrogens is 350 g/mol. The van der Waals surface area contributed by atoms with Gasteiger partial charge in [0.05, 0.1) is 0 Å². The van der Waals surface area contributed by atoms with Crippen LogP contribution < -0.4 is 10.2 Å². The van der Waals surface area contributed by atoms with E-state index in [2.05, 4.69) is 27.4 Å². The Morgan fingerprint density at radius 1 is 1.04 bits per heavy atom. The van der Waals surface area contributed by atoms with Gasteiger partial charge >= 0.3 is 0 Å². The molecule has 2 heterocycles. The molecule has 0 bridgehead atoms. The third-order valence-corrected chi connectivity index (χ3v) is 4.93. The van der Waals surface area contributed by atoms with Gasteiger partial charge in [-0.2, -0.15) is 0 Å². The van der Waals surface area contributed by atoms with Crippen LogP contribution in [0.1, 0.15) is 21.6 Å². The molecule has 142 valence electrons. The maximum absolute atomic E-state index is 12.9. The van der Waals surface area contributed by atoms with E-state index < -0.39 is 0 Å². The van der Waals surface area contributed by atoms with Crippen molar-refractivity contribution in [3.63, 3.8) is 0 Å². The zero-order valence-corrected chi connectivity index (χ0v) is 16.1. The monoisotopic (exact) mass is 373 g/mol. The summed E-state index contributed by atoms with van der Waals surface area (Å²) in [6.07, 6.45) is 2.49. The Bertz CT molecular complexity index is 984. The van der Waals surface area contributed by atoms with Crippen molar-refractivity contribution in [2.75, 3.05) is 30.9 Å². The average molecular weight is 373 g/mol. The topological polar surface area (TPSA) is 61.4 Å². The van der Waals surface area contributed by atoms with Gasteiger partial charge in [0, 0.05) is 44.8 Å². The van der Waals surface area contributed by atoms with Crippen LogP contribution in [0.3, 0.4) is 0 Å². The van der Waals surface area contributed by atoms with Crippen molar-refractivity contribution in [3.05, 3.63) is 77.6 Å². The highest BCUT2D eigenvalue weighted by molar-refractivity contribution is 5.92. The summed E-state index contributed by atoms with van der Waals surface area (Å²) in [4.78, 5) is 25.5. The highest BCUT2D eigenvalue weighted by Gasteiger charge is 2.22. The third kappa shape index (κ3) is 3.81. The summed E-state index contributed by atoms with van der Waals surface area (Å²) in [6, 6.07) is 17.9. The van der Waals surface area contributed by atoms with Crippen LogP contribution in [0.2, 0.25) is 0 Å². The summed E-state index contributed by atoms with van der Waals surface area (Å²) in [7, 11) is 4.00. The molecule has 6 heteroatoms. The number of fused-ring (bicyclic) bond motifs is 1. The molecule has 0 aliphatic carbocycles. The van der Waals surface area contributed by atoms with Crippen molar-refractivity contribution in [2.24, 2.45) is 0 Å². The summed E-state index contributed by atoms with van der Waals surface area (Å²) >= 11 is 0.